The van der Waals surface area contributed by atoms with Crippen LogP contribution in [0.4, 0.5) is 11.6 Å². The Morgan fingerprint density at radius 3 is 2.35 bits per heavy atom. The highest BCUT2D eigenvalue weighted by Crippen LogP contribution is 2.23. The van der Waals surface area contributed by atoms with Crippen LogP contribution in [-0.4, -0.2) is 47.1 Å². The standard InChI is InChI=1S/C15H27N5/c1-5-11(3)19-7-9-20(10-8-19)15-12(4)14(16)17-13(6-2)18-15/h11H,5-10H2,1-4H3,(H2,16,17,18). The SMILES string of the molecule is CCc1nc(N)c(C)c(N2CCN(C(C)CC)CC2)n1. The molecule has 2 N–H and O–H groups in total. The van der Waals surface area contributed by atoms with Crippen LogP contribution in [0.3, 0.4) is 0 Å². The van der Waals surface area contributed by atoms with Crippen molar-refractivity contribution < 1.29 is 0 Å². The molecular weight excluding hydrogens is 250 g/mol. The molecule has 0 aliphatic carbocycles. The predicted octanol–water partition coefficient (Wildman–Crippen LogP) is 1.85. The van der Waals surface area contributed by atoms with Crippen molar-refractivity contribution in [2.45, 2.75) is 46.6 Å². The van der Waals surface area contributed by atoms with Gasteiger partial charge in [0.05, 0.1) is 0 Å². The summed E-state index contributed by atoms with van der Waals surface area (Å²) in [7, 11) is 0. The molecule has 0 spiro atoms. The number of nitrogens with zero attached hydrogens (tertiary/aromatic N) is 4. The van der Waals surface area contributed by atoms with Crippen LogP contribution >= 0.6 is 0 Å². The third-order valence-corrected chi connectivity index (χ3v) is 4.35. The quantitative estimate of drug-likeness (QED) is 0.910. The molecule has 5 nitrogen and oxygen atoms in total. The van der Waals surface area contributed by atoms with E-state index in [4.69, 9.17) is 5.73 Å². The third kappa shape index (κ3) is 3.03. The number of aromatic nitrogens is 2. The lowest BCUT2D eigenvalue weighted by Gasteiger charge is -2.39. The van der Waals surface area contributed by atoms with Crippen LogP contribution in [0.5, 0.6) is 0 Å². The van der Waals surface area contributed by atoms with Gasteiger partial charge in [-0.05, 0) is 20.3 Å². The number of aryl methyl sites for hydroxylation is 1. The van der Waals surface area contributed by atoms with Crippen molar-refractivity contribution in [3.63, 3.8) is 0 Å². The van der Waals surface area contributed by atoms with Crippen molar-refractivity contribution in [1.82, 2.24) is 14.9 Å². The summed E-state index contributed by atoms with van der Waals surface area (Å²) in [6.07, 6.45) is 2.03. The molecule has 20 heavy (non-hydrogen) atoms. The number of rotatable bonds is 4. The lowest BCUT2D eigenvalue weighted by atomic mass is 10.2. The second kappa shape index (κ2) is 6.39. The molecule has 0 aromatic carbocycles. The van der Waals surface area contributed by atoms with E-state index in [9.17, 15) is 0 Å². The first kappa shape index (κ1) is 15.0. The van der Waals surface area contributed by atoms with Gasteiger partial charge in [0, 0.05) is 44.2 Å². The predicted molar refractivity (Wildman–Crippen MR) is 84.1 cm³/mol. The number of piperazine rings is 1. The number of hydrogen-bond donors (Lipinski definition) is 1. The Hall–Kier alpha value is -1.36. The maximum absolute atomic E-state index is 6.01. The monoisotopic (exact) mass is 277 g/mol. The van der Waals surface area contributed by atoms with Crippen LogP contribution in [0.15, 0.2) is 0 Å². The van der Waals surface area contributed by atoms with E-state index in [2.05, 4.69) is 40.5 Å². The van der Waals surface area contributed by atoms with Gasteiger partial charge in [0.25, 0.3) is 0 Å². The summed E-state index contributed by atoms with van der Waals surface area (Å²) in [4.78, 5) is 13.9. The first-order valence-electron chi connectivity index (χ1n) is 7.68. The lowest BCUT2D eigenvalue weighted by Crippen LogP contribution is -2.50. The van der Waals surface area contributed by atoms with Crippen LogP contribution in [-0.2, 0) is 6.42 Å². The summed E-state index contributed by atoms with van der Waals surface area (Å²) in [6.45, 7) is 12.9. The molecule has 1 aliphatic rings. The van der Waals surface area contributed by atoms with E-state index in [0.29, 0.717) is 11.9 Å². The number of nitrogens with two attached hydrogens (primary N) is 1. The van der Waals surface area contributed by atoms with Gasteiger partial charge in [0.15, 0.2) is 0 Å². The van der Waals surface area contributed by atoms with E-state index < -0.39 is 0 Å². The molecule has 0 radical (unpaired) electrons. The molecule has 1 aromatic rings. The van der Waals surface area contributed by atoms with Crippen molar-refractivity contribution in [3.8, 4) is 0 Å². The average Bonchev–Trinajstić information content (AvgIpc) is 2.49. The summed E-state index contributed by atoms with van der Waals surface area (Å²) in [5, 5.41) is 0. The van der Waals surface area contributed by atoms with Crippen LogP contribution in [0.1, 0.15) is 38.6 Å². The molecule has 2 rings (SSSR count). The van der Waals surface area contributed by atoms with E-state index in [1.54, 1.807) is 0 Å². The van der Waals surface area contributed by atoms with Crippen LogP contribution < -0.4 is 10.6 Å². The lowest BCUT2D eigenvalue weighted by molar-refractivity contribution is 0.192. The second-order valence-corrected chi connectivity index (χ2v) is 5.61. The topological polar surface area (TPSA) is 58.3 Å². The Labute approximate surface area is 122 Å². The molecule has 1 aliphatic heterocycles. The number of nitrogen functional groups attached to an aromatic ring is 1. The van der Waals surface area contributed by atoms with E-state index in [1.165, 1.54) is 6.42 Å². The minimum Gasteiger partial charge on any atom is -0.383 e. The maximum atomic E-state index is 6.01. The highest BCUT2D eigenvalue weighted by atomic mass is 15.3. The smallest absolute Gasteiger partial charge is 0.137 e. The average molecular weight is 277 g/mol. The normalized spacial score (nSPS) is 18.3. The highest BCUT2D eigenvalue weighted by Gasteiger charge is 2.23. The van der Waals surface area contributed by atoms with Crippen LogP contribution in [0.25, 0.3) is 0 Å². The zero-order valence-corrected chi connectivity index (χ0v) is 13.2. The fourth-order valence-corrected chi connectivity index (χ4v) is 2.67. The van der Waals surface area contributed by atoms with Crippen molar-refractivity contribution in [2.75, 3.05) is 36.8 Å². The number of anilines is 2. The zero-order chi connectivity index (χ0) is 14.7. The van der Waals surface area contributed by atoms with Gasteiger partial charge in [-0.3, -0.25) is 4.90 Å². The highest BCUT2D eigenvalue weighted by molar-refractivity contribution is 5.56. The molecule has 0 saturated carbocycles. The molecule has 5 heteroatoms. The Morgan fingerprint density at radius 1 is 1.15 bits per heavy atom. The van der Waals surface area contributed by atoms with Gasteiger partial charge in [0.2, 0.25) is 0 Å². The third-order valence-electron chi connectivity index (χ3n) is 4.35. The van der Waals surface area contributed by atoms with E-state index in [-0.39, 0.29) is 0 Å². The van der Waals surface area contributed by atoms with Gasteiger partial charge in [-0.2, -0.15) is 0 Å². The molecule has 0 bridgehead atoms. The summed E-state index contributed by atoms with van der Waals surface area (Å²) < 4.78 is 0. The minimum atomic E-state index is 0.621. The van der Waals surface area contributed by atoms with Crippen molar-refractivity contribution >= 4 is 11.6 Å². The second-order valence-electron chi connectivity index (χ2n) is 5.61. The van der Waals surface area contributed by atoms with Crippen molar-refractivity contribution in [1.29, 1.82) is 0 Å². The van der Waals surface area contributed by atoms with Gasteiger partial charge in [0.1, 0.15) is 17.5 Å². The largest absolute Gasteiger partial charge is 0.383 e. The summed E-state index contributed by atoms with van der Waals surface area (Å²) in [5.41, 5.74) is 7.03. The summed E-state index contributed by atoms with van der Waals surface area (Å²) >= 11 is 0. The number of hydrogen-bond acceptors (Lipinski definition) is 5. The minimum absolute atomic E-state index is 0.621. The summed E-state index contributed by atoms with van der Waals surface area (Å²) in [6, 6.07) is 0.667. The van der Waals surface area contributed by atoms with Crippen LogP contribution in [0.2, 0.25) is 0 Å². The van der Waals surface area contributed by atoms with Crippen LogP contribution in [0, 0.1) is 6.92 Å². The first-order chi connectivity index (χ1) is 9.56. The Bertz CT molecular complexity index is 452. The first-order valence-corrected chi connectivity index (χ1v) is 7.68. The van der Waals surface area contributed by atoms with Gasteiger partial charge in [-0.1, -0.05) is 13.8 Å². The van der Waals surface area contributed by atoms with E-state index in [0.717, 1.165) is 49.8 Å². The molecule has 2 heterocycles. The maximum Gasteiger partial charge on any atom is 0.137 e. The zero-order valence-electron chi connectivity index (χ0n) is 13.2. The Morgan fingerprint density at radius 2 is 1.80 bits per heavy atom. The van der Waals surface area contributed by atoms with Gasteiger partial charge >= 0.3 is 0 Å². The van der Waals surface area contributed by atoms with E-state index >= 15 is 0 Å². The fourth-order valence-electron chi connectivity index (χ4n) is 2.67. The van der Waals surface area contributed by atoms with Gasteiger partial charge in [-0.25, -0.2) is 9.97 Å². The summed E-state index contributed by atoms with van der Waals surface area (Å²) in [5.74, 6) is 2.49. The molecule has 0 amide bonds. The fraction of sp³-hybridized carbons (Fsp3) is 0.733. The van der Waals surface area contributed by atoms with Gasteiger partial charge < -0.3 is 10.6 Å². The molecule has 1 atom stereocenters. The molecule has 1 fully saturated rings. The molecule has 1 unspecified atom stereocenters. The van der Waals surface area contributed by atoms with Gasteiger partial charge in [-0.15, -0.1) is 0 Å². The Balaban J connectivity index is 2.12. The molecule has 1 aromatic heterocycles. The van der Waals surface area contributed by atoms with Crippen molar-refractivity contribution in [3.05, 3.63) is 11.4 Å². The molecular formula is C15H27N5. The van der Waals surface area contributed by atoms with E-state index in [1.807, 2.05) is 6.92 Å². The molecule has 112 valence electrons. The molecule has 1 saturated heterocycles. The Kier molecular flexibility index (Phi) is 4.81. The van der Waals surface area contributed by atoms with Crippen molar-refractivity contribution in [2.24, 2.45) is 0 Å².